The fourth-order valence-electron chi connectivity index (χ4n) is 1.78. The van der Waals surface area contributed by atoms with Crippen LogP contribution in [0.25, 0.3) is 0 Å². The monoisotopic (exact) mass is 285 g/mol. The molecule has 0 aliphatic carbocycles. The van der Waals surface area contributed by atoms with Crippen molar-refractivity contribution in [3.63, 3.8) is 0 Å². The second kappa shape index (κ2) is 5.26. The number of hydrogen-bond donors (Lipinski definition) is 1. The molecule has 1 unspecified atom stereocenters. The first-order valence-corrected chi connectivity index (χ1v) is 6.75. The van der Waals surface area contributed by atoms with Gasteiger partial charge in [0.2, 0.25) is 0 Å². The highest BCUT2D eigenvalue weighted by molar-refractivity contribution is 7.99. The Kier molecular flexibility index (Phi) is 3.86. The minimum atomic E-state index is -3.35. The number of aromatic nitrogens is 3. The van der Waals surface area contributed by atoms with E-state index in [-0.39, 0.29) is 12.1 Å². The number of thioether (sulfide) groups is 1. The van der Waals surface area contributed by atoms with Gasteiger partial charge in [0.15, 0.2) is 5.60 Å². The summed E-state index contributed by atoms with van der Waals surface area (Å²) in [5.74, 6) is 0. The van der Waals surface area contributed by atoms with E-state index in [1.807, 2.05) is 0 Å². The SMILES string of the molecule is CSC(F)(F)C(O)(Cn1cncn1)c1ccccc1. The van der Waals surface area contributed by atoms with Crippen LogP contribution >= 0.6 is 11.8 Å². The lowest BCUT2D eigenvalue weighted by molar-refractivity contribution is -0.137. The van der Waals surface area contributed by atoms with Crippen molar-refractivity contribution in [1.29, 1.82) is 0 Å². The Morgan fingerprint density at radius 3 is 2.53 bits per heavy atom. The third-order valence-corrected chi connectivity index (χ3v) is 3.70. The molecule has 0 saturated heterocycles. The van der Waals surface area contributed by atoms with Gasteiger partial charge in [-0.1, -0.05) is 42.1 Å². The molecule has 0 aliphatic rings. The van der Waals surface area contributed by atoms with E-state index >= 15 is 0 Å². The van der Waals surface area contributed by atoms with Crippen LogP contribution in [0.4, 0.5) is 8.78 Å². The molecule has 1 aromatic carbocycles. The molecule has 2 rings (SSSR count). The van der Waals surface area contributed by atoms with Crippen LogP contribution in [0.3, 0.4) is 0 Å². The Labute approximate surface area is 113 Å². The molecular weight excluding hydrogens is 272 g/mol. The van der Waals surface area contributed by atoms with Crippen molar-refractivity contribution in [3.8, 4) is 0 Å². The summed E-state index contributed by atoms with van der Waals surface area (Å²) in [6.07, 6.45) is 3.79. The third-order valence-electron chi connectivity index (χ3n) is 2.85. The third kappa shape index (κ3) is 2.62. The van der Waals surface area contributed by atoms with E-state index in [4.69, 9.17) is 0 Å². The summed E-state index contributed by atoms with van der Waals surface area (Å²) < 4.78 is 29.5. The number of halogens is 2. The Bertz CT molecular complexity index is 521. The maximum absolute atomic E-state index is 14.1. The lowest BCUT2D eigenvalue weighted by atomic mass is 9.94. The highest BCUT2D eigenvalue weighted by Crippen LogP contribution is 2.45. The van der Waals surface area contributed by atoms with Crippen LogP contribution in [0, 0.1) is 0 Å². The van der Waals surface area contributed by atoms with Gasteiger partial charge in [-0.3, -0.25) is 0 Å². The number of nitrogens with zero attached hydrogens (tertiary/aromatic N) is 3. The van der Waals surface area contributed by atoms with Crippen LogP contribution in [0.5, 0.6) is 0 Å². The first-order valence-electron chi connectivity index (χ1n) is 5.53. The number of hydrogen-bond acceptors (Lipinski definition) is 4. The zero-order chi connectivity index (χ0) is 13.9. The average molecular weight is 285 g/mol. The molecule has 0 bridgehead atoms. The highest BCUT2D eigenvalue weighted by Gasteiger charge is 2.54. The van der Waals surface area contributed by atoms with Crippen molar-refractivity contribution in [2.45, 2.75) is 17.4 Å². The summed E-state index contributed by atoms with van der Waals surface area (Å²) in [4.78, 5) is 3.70. The van der Waals surface area contributed by atoms with E-state index in [1.54, 1.807) is 18.2 Å². The van der Waals surface area contributed by atoms with E-state index < -0.39 is 10.9 Å². The fraction of sp³-hybridized carbons (Fsp3) is 0.333. The van der Waals surface area contributed by atoms with Crippen molar-refractivity contribution < 1.29 is 13.9 Å². The van der Waals surface area contributed by atoms with Gasteiger partial charge < -0.3 is 5.11 Å². The molecule has 0 saturated carbocycles. The number of benzene rings is 1. The van der Waals surface area contributed by atoms with Gasteiger partial charge in [0.1, 0.15) is 12.7 Å². The smallest absolute Gasteiger partial charge is 0.327 e. The van der Waals surface area contributed by atoms with E-state index in [0.717, 1.165) is 0 Å². The van der Waals surface area contributed by atoms with Crippen LogP contribution in [0.1, 0.15) is 5.56 Å². The van der Waals surface area contributed by atoms with Gasteiger partial charge in [0, 0.05) is 0 Å². The minimum absolute atomic E-state index is 0.143. The van der Waals surface area contributed by atoms with Gasteiger partial charge in [-0.15, -0.1) is 0 Å². The van der Waals surface area contributed by atoms with Crippen LogP contribution in [0.15, 0.2) is 43.0 Å². The zero-order valence-corrected chi connectivity index (χ0v) is 11.0. The van der Waals surface area contributed by atoms with Crippen LogP contribution in [0.2, 0.25) is 0 Å². The fourth-order valence-corrected chi connectivity index (χ4v) is 2.30. The molecule has 1 aromatic heterocycles. The van der Waals surface area contributed by atoms with Crippen molar-refractivity contribution >= 4 is 11.8 Å². The van der Waals surface area contributed by atoms with Crippen LogP contribution in [-0.4, -0.2) is 31.4 Å². The lowest BCUT2D eigenvalue weighted by Crippen LogP contribution is -2.46. The summed E-state index contributed by atoms with van der Waals surface area (Å²) in [7, 11) is 0. The molecule has 1 heterocycles. The quantitative estimate of drug-likeness (QED) is 0.914. The molecule has 0 fully saturated rings. The van der Waals surface area contributed by atoms with Gasteiger partial charge in [-0.2, -0.15) is 13.9 Å². The van der Waals surface area contributed by atoms with Crippen molar-refractivity contribution in [1.82, 2.24) is 14.8 Å². The number of rotatable bonds is 5. The second-order valence-electron chi connectivity index (χ2n) is 4.04. The first kappa shape index (κ1) is 14.0. The van der Waals surface area contributed by atoms with Crippen LogP contribution < -0.4 is 0 Å². The molecule has 102 valence electrons. The molecule has 0 amide bonds. The van der Waals surface area contributed by atoms with Crippen LogP contribution in [-0.2, 0) is 12.1 Å². The minimum Gasteiger partial charge on any atom is -0.376 e. The Morgan fingerprint density at radius 2 is 2.00 bits per heavy atom. The second-order valence-corrected chi connectivity index (χ2v) is 4.96. The molecule has 7 heteroatoms. The molecule has 0 spiro atoms. The Hall–Kier alpha value is -1.47. The maximum Gasteiger partial charge on any atom is 0.327 e. The summed E-state index contributed by atoms with van der Waals surface area (Å²) in [6, 6.07) is 7.87. The van der Waals surface area contributed by atoms with Gasteiger partial charge in [-0.25, -0.2) is 9.67 Å². The molecule has 1 N–H and O–H groups in total. The zero-order valence-electron chi connectivity index (χ0n) is 10.2. The lowest BCUT2D eigenvalue weighted by Gasteiger charge is -2.34. The summed E-state index contributed by atoms with van der Waals surface area (Å²) >= 11 is 0.306. The standard InChI is InChI=1S/C12H13F2N3OS/c1-19-12(13,14)11(18,7-17-9-15-8-16-17)10-5-3-2-4-6-10/h2-6,8-9,18H,7H2,1H3. The molecule has 0 aliphatic heterocycles. The predicted molar refractivity (Wildman–Crippen MR) is 68.8 cm³/mol. The van der Waals surface area contributed by atoms with E-state index in [9.17, 15) is 13.9 Å². The summed E-state index contributed by atoms with van der Waals surface area (Å²) in [6.45, 7) is -0.370. The van der Waals surface area contributed by atoms with E-state index in [2.05, 4.69) is 10.1 Å². The molecule has 1 atom stereocenters. The summed E-state index contributed by atoms with van der Waals surface area (Å²) in [5.41, 5.74) is -2.20. The number of alkyl halides is 2. The van der Waals surface area contributed by atoms with Gasteiger partial charge >= 0.3 is 5.25 Å². The van der Waals surface area contributed by atoms with Gasteiger partial charge in [0.05, 0.1) is 6.54 Å². The van der Waals surface area contributed by atoms with Gasteiger partial charge in [0.25, 0.3) is 0 Å². The molecule has 19 heavy (non-hydrogen) atoms. The van der Waals surface area contributed by atoms with E-state index in [1.165, 1.54) is 35.7 Å². The average Bonchev–Trinajstić information content (AvgIpc) is 2.92. The highest BCUT2D eigenvalue weighted by atomic mass is 32.2. The van der Waals surface area contributed by atoms with Crippen molar-refractivity contribution in [2.24, 2.45) is 0 Å². The first-order chi connectivity index (χ1) is 8.99. The molecule has 0 radical (unpaired) electrons. The molecule has 4 nitrogen and oxygen atoms in total. The largest absolute Gasteiger partial charge is 0.376 e. The normalized spacial score (nSPS) is 15.2. The summed E-state index contributed by atoms with van der Waals surface area (Å²) in [5, 5.41) is 11.0. The Morgan fingerprint density at radius 1 is 1.32 bits per heavy atom. The van der Waals surface area contributed by atoms with Crippen molar-refractivity contribution in [2.75, 3.05) is 6.26 Å². The molecule has 2 aromatic rings. The number of aliphatic hydroxyl groups is 1. The molecular formula is C12H13F2N3OS. The van der Waals surface area contributed by atoms with Gasteiger partial charge in [-0.05, 0) is 11.8 Å². The van der Waals surface area contributed by atoms with E-state index in [0.29, 0.717) is 11.8 Å². The van der Waals surface area contributed by atoms with Crippen molar-refractivity contribution in [3.05, 3.63) is 48.5 Å². The topological polar surface area (TPSA) is 50.9 Å². The Balaban J connectivity index is 2.44. The predicted octanol–water partition coefficient (Wildman–Crippen LogP) is 2.12. The maximum atomic E-state index is 14.1.